The molecular weight excluding hydrogens is 424 g/mol. The molecule has 1 N–H and O–H groups in total. The summed E-state index contributed by atoms with van der Waals surface area (Å²) in [7, 11) is 1.51. The highest BCUT2D eigenvalue weighted by molar-refractivity contribution is 5.95. The number of methoxy groups -OCH3 is 1. The highest BCUT2D eigenvalue weighted by Gasteiger charge is 2.28. The van der Waals surface area contributed by atoms with Crippen LogP contribution in [0.25, 0.3) is 16.9 Å². The van der Waals surface area contributed by atoms with Gasteiger partial charge >= 0.3 is 0 Å². The number of nitrogens with zero attached hydrogens (tertiary/aromatic N) is 6. The Morgan fingerprint density at radius 1 is 1.31 bits per heavy atom. The Kier molecular flexibility index (Phi) is 6.24. The van der Waals surface area contributed by atoms with Crippen molar-refractivity contribution in [3.05, 3.63) is 30.2 Å². The van der Waals surface area contributed by atoms with Crippen LogP contribution < -0.4 is 10.2 Å². The molecule has 0 atom stereocenters. The SMILES string of the molecule is COCCC(=O)Nc1cc2c(cn1)c(N1CCOCC1)nn2-c1nccc(C(C)(F)F)n1. The van der Waals surface area contributed by atoms with Crippen LogP contribution >= 0.6 is 0 Å². The van der Waals surface area contributed by atoms with Gasteiger partial charge in [0.2, 0.25) is 5.91 Å². The van der Waals surface area contributed by atoms with Crippen molar-refractivity contribution in [2.45, 2.75) is 19.3 Å². The Morgan fingerprint density at radius 2 is 2.09 bits per heavy atom. The summed E-state index contributed by atoms with van der Waals surface area (Å²) in [5.74, 6) is -2.48. The smallest absolute Gasteiger partial charge is 0.287 e. The van der Waals surface area contributed by atoms with Crippen LogP contribution in [0.3, 0.4) is 0 Å². The first-order valence-corrected chi connectivity index (χ1v) is 10.1. The van der Waals surface area contributed by atoms with Crippen LogP contribution in [-0.2, 0) is 20.2 Å². The predicted octanol–water partition coefficient (Wildman–Crippen LogP) is 2.13. The fourth-order valence-corrected chi connectivity index (χ4v) is 3.32. The maximum absolute atomic E-state index is 13.9. The average Bonchev–Trinajstić information content (AvgIpc) is 3.17. The van der Waals surface area contributed by atoms with E-state index in [-0.39, 0.29) is 24.9 Å². The molecule has 3 aromatic heterocycles. The van der Waals surface area contributed by atoms with E-state index < -0.39 is 11.6 Å². The van der Waals surface area contributed by atoms with E-state index in [1.54, 1.807) is 12.3 Å². The standard InChI is InChI=1S/C20H23F2N7O3/c1-20(21,22)15-3-5-23-19(25-15)29-14-11-16(26-17(30)4-8-31-2)24-12-13(14)18(27-29)28-6-9-32-10-7-28/h3,5,11-12H,4,6-10H2,1-2H3,(H,24,26,30). The van der Waals surface area contributed by atoms with Crippen LogP contribution in [0.4, 0.5) is 20.4 Å². The van der Waals surface area contributed by atoms with Crippen LogP contribution in [-0.4, -0.2) is 70.7 Å². The Hall–Kier alpha value is -3.25. The Balaban J connectivity index is 1.79. The number of alkyl halides is 2. The second-order valence-electron chi connectivity index (χ2n) is 7.34. The van der Waals surface area contributed by atoms with Crippen LogP contribution in [0.1, 0.15) is 19.0 Å². The number of pyridine rings is 1. The zero-order chi connectivity index (χ0) is 22.7. The van der Waals surface area contributed by atoms with Gasteiger partial charge in [-0.15, -0.1) is 5.10 Å². The number of hydrogen-bond acceptors (Lipinski definition) is 8. The Morgan fingerprint density at radius 3 is 2.81 bits per heavy atom. The minimum atomic E-state index is -3.13. The van der Waals surface area contributed by atoms with Crippen LogP contribution in [0.5, 0.6) is 0 Å². The number of aromatic nitrogens is 5. The quantitative estimate of drug-likeness (QED) is 0.587. The van der Waals surface area contributed by atoms with E-state index in [0.717, 1.165) is 6.92 Å². The summed E-state index contributed by atoms with van der Waals surface area (Å²) in [6, 6.07) is 2.79. The Bertz CT molecular complexity index is 1110. The topological polar surface area (TPSA) is 107 Å². The van der Waals surface area contributed by atoms with E-state index >= 15 is 0 Å². The van der Waals surface area contributed by atoms with Gasteiger partial charge in [-0.1, -0.05) is 0 Å². The summed E-state index contributed by atoms with van der Waals surface area (Å²) in [4.78, 5) is 26.6. The number of rotatable bonds is 7. The van der Waals surface area contributed by atoms with Crippen molar-refractivity contribution in [1.82, 2.24) is 24.7 Å². The molecule has 0 aliphatic carbocycles. The third-order valence-electron chi connectivity index (χ3n) is 4.94. The number of morpholine rings is 1. The number of carbonyl (C=O) groups excluding carboxylic acids is 1. The molecule has 4 heterocycles. The number of nitrogens with one attached hydrogen (secondary N) is 1. The molecule has 1 aliphatic heterocycles. The van der Waals surface area contributed by atoms with Crippen molar-refractivity contribution in [2.75, 3.05) is 50.2 Å². The highest BCUT2D eigenvalue weighted by atomic mass is 19.3. The van der Waals surface area contributed by atoms with Gasteiger partial charge < -0.3 is 19.7 Å². The van der Waals surface area contributed by atoms with Crippen LogP contribution in [0.2, 0.25) is 0 Å². The Labute approximate surface area is 182 Å². The van der Waals surface area contributed by atoms with E-state index in [1.807, 2.05) is 4.90 Å². The maximum atomic E-state index is 13.9. The molecule has 0 unspecified atom stereocenters. The van der Waals surface area contributed by atoms with Crippen molar-refractivity contribution in [3.63, 3.8) is 0 Å². The lowest BCUT2D eigenvalue weighted by atomic mass is 10.2. The fourth-order valence-electron chi connectivity index (χ4n) is 3.32. The molecule has 4 rings (SSSR count). The summed E-state index contributed by atoms with van der Waals surface area (Å²) in [6.45, 7) is 3.38. The third-order valence-corrected chi connectivity index (χ3v) is 4.94. The largest absolute Gasteiger partial charge is 0.384 e. The van der Waals surface area contributed by atoms with Gasteiger partial charge in [0.25, 0.3) is 11.9 Å². The molecule has 32 heavy (non-hydrogen) atoms. The van der Waals surface area contributed by atoms with Crippen molar-refractivity contribution in [3.8, 4) is 5.95 Å². The number of halogens is 2. The summed E-state index contributed by atoms with van der Waals surface area (Å²) >= 11 is 0. The van der Waals surface area contributed by atoms with Gasteiger partial charge in [0.15, 0.2) is 5.82 Å². The van der Waals surface area contributed by atoms with Gasteiger partial charge in [-0.05, 0) is 6.07 Å². The molecule has 0 aromatic carbocycles. The van der Waals surface area contributed by atoms with Crippen molar-refractivity contribution < 1.29 is 23.0 Å². The van der Waals surface area contributed by atoms with Gasteiger partial charge in [-0.3, -0.25) is 4.79 Å². The molecule has 1 fully saturated rings. The first-order chi connectivity index (χ1) is 15.4. The molecule has 0 bridgehead atoms. The van der Waals surface area contributed by atoms with Crippen LogP contribution in [0.15, 0.2) is 24.5 Å². The number of hydrogen-bond donors (Lipinski definition) is 1. The lowest BCUT2D eigenvalue weighted by Gasteiger charge is -2.26. The van der Waals surface area contributed by atoms with Crippen molar-refractivity contribution in [2.24, 2.45) is 0 Å². The van der Waals surface area contributed by atoms with Crippen molar-refractivity contribution in [1.29, 1.82) is 0 Å². The van der Waals surface area contributed by atoms with Gasteiger partial charge in [0.1, 0.15) is 11.5 Å². The van der Waals surface area contributed by atoms with Crippen LogP contribution in [0, 0.1) is 0 Å². The molecule has 10 nitrogen and oxygen atoms in total. The average molecular weight is 447 g/mol. The molecule has 0 radical (unpaired) electrons. The summed E-state index contributed by atoms with van der Waals surface area (Å²) in [5.41, 5.74) is 0.112. The molecule has 1 aliphatic rings. The predicted molar refractivity (Wildman–Crippen MR) is 112 cm³/mol. The fraction of sp³-hybridized carbons (Fsp3) is 0.450. The molecule has 1 saturated heterocycles. The molecule has 1 amide bonds. The van der Waals surface area contributed by atoms with Crippen molar-refractivity contribution >= 4 is 28.4 Å². The van der Waals surface area contributed by atoms with Gasteiger partial charge in [-0.2, -0.15) is 13.5 Å². The minimum absolute atomic E-state index is 0.00334. The molecule has 12 heteroatoms. The first-order valence-electron chi connectivity index (χ1n) is 10.1. The maximum Gasteiger partial charge on any atom is 0.287 e. The number of carbonyl (C=O) groups is 1. The monoisotopic (exact) mass is 447 g/mol. The van der Waals surface area contributed by atoms with E-state index in [9.17, 15) is 13.6 Å². The third kappa shape index (κ3) is 4.65. The van der Waals surface area contributed by atoms with E-state index in [1.165, 1.54) is 24.1 Å². The summed E-state index contributed by atoms with van der Waals surface area (Å²) in [5, 5.41) is 8.01. The molecule has 3 aromatic rings. The lowest BCUT2D eigenvalue weighted by molar-refractivity contribution is -0.117. The zero-order valence-corrected chi connectivity index (χ0v) is 17.7. The number of amides is 1. The normalized spacial score (nSPS) is 14.7. The van der Waals surface area contributed by atoms with E-state index in [0.29, 0.717) is 48.8 Å². The number of ether oxygens (including phenoxy) is 2. The summed E-state index contributed by atoms with van der Waals surface area (Å²) in [6.07, 6.45) is 3.03. The number of fused-ring (bicyclic) bond motifs is 1. The highest BCUT2D eigenvalue weighted by Crippen LogP contribution is 2.30. The van der Waals surface area contributed by atoms with Gasteiger partial charge in [-0.25, -0.2) is 15.0 Å². The zero-order valence-electron chi connectivity index (χ0n) is 17.7. The molecule has 170 valence electrons. The molecular formula is C20H23F2N7O3. The van der Waals surface area contributed by atoms with Gasteiger partial charge in [0, 0.05) is 45.6 Å². The second-order valence-corrected chi connectivity index (χ2v) is 7.34. The van der Waals surface area contributed by atoms with Gasteiger partial charge in [0.05, 0.1) is 37.1 Å². The second kappa shape index (κ2) is 9.09. The number of anilines is 2. The lowest BCUT2D eigenvalue weighted by Crippen LogP contribution is -2.36. The molecule has 0 spiro atoms. The summed E-state index contributed by atoms with van der Waals surface area (Å²) < 4.78 is 39.4. The first kappa shape index (κ1) is 22.0. The minimum Gasteiger partial charge on any atom is -0.384 e. The molecule has 0 saturated carbocycles. The van der Waals surface area contributed by atoms with E-state index in [4.69, 9.17) is 9.47 Å². The van der Waals surface area contributed by atoms with E-state index in [2.05, 4.69) is 25.4 Å².